The summed E-state index contributed by atoms with van der Waals surface area (Å²) < 4.78 is 78.8. The molecule has 728 valence electrons. The van der Waals surface area contributed by atoms with Gasteiger partial charge in [-0.15, -0.1) is 0 Å². The Balaban J connectivity index is 0.000000388. The quantitative estimate of drug-likeness (QED) is 0.0198. The number of aromatic hydroxyl groups is 2. The van der Waals surface area contributed by atoms with Crippen LogP contribution in [0.25, 0.3) is 0 Å². The summed E-state index contributed by atoms with van der Waals surface area (Å²) in [5.74, 6) is 5.55. The predicted molar refractivity (Wildman–Crippen MR) is 561 cm³/mol. The second kappa shape index (κ2) is 62.4. The summed E-state index contributed by atoms with van der Waals surface area (Å²) in [6, 6.07) is 80.2. The number of methoxy groups -OCH3 is 1. The molecule has 10 aromatic rings. The molecule has 0 heterocycles. The lowest BCUT2D eigenvalue weighted by atomic mass is 9.79. The van der Waals surface area contributed by atoms with Gasteiger partial charge in [-0.2, -0.15) is 8.42 Å². The molecule has 0 aliphatic heterocycles. The Morgan fingerprint density at radius 2 is 0.609 bits per heavy atom. The van der Waals surface area contributed by atoms with Gasteiger partial charge in [-0.05, 0) is 338 Å². The molecule has 8 atom stereocenters. The van der Waals surface area contributed by atoms with Gasteiger partial charge in [0, 0.05) is 0 Å². The topological polar surface area (TPSA) is 231 Å². The normalized spacial score (nSPS) is 14.3. The second-order valence-corrected chi connectivity index (χ2v) is 40.2. The van der Waals surface area contributed by atoms with Crippen molar-refractivity contribution in [2.75, 3.05) is 7.11 Å². The van der Waals surface area contributed by atoms with E-state index in [1.165, 1.54) is 136 Å². The molecule has 2 saturated carbocycles. The summed E-state index contributed by atoms with van der Waals surface area (Å²) in [7, 11) is -6.79. The van der Waals surface area contributed by atoms with Crippen molar-refractivity contribution in [3.05, 3.63) is 316 Å². The van der Waals surface area contributed by atoms with Crippen LogP contribution in [0, 0.1) is 11.8 Å². The van der Waals surface area contributed by atoms with Crippen LogP contribution in [0.1, 0.15) is 384 Å². The summed E-state index contributed by atoms with van der Waals surface area (Å²) in [5, 5.41) is 18.8. The highest BCUT2D eigenvalue weighted by atomic mass is 32.2. The maximum Gasteiger partial charge on any atom is 0.338 e. The van der Waals surface area contributed by atoms with E-state index in [1.807, 2.05) is 103 Å². The molecule has 0 radical (unpaired) electrons. The first-order valence-corrected chi connectivity index (χ1v) is 52.0. The fourth-order valence-corrected chi connectivity index (χ4v) is 16.0. The molecular formula is C115H161O14S4+. The Labute approximate surface area is 813 Å². The van der Waals surface area contributed by atoms with Gasteiger partial charge in [0.05, 0.1) is 33.6 Å². The summed E-state index contributed by atoms with van der Waals surface area (Å²) in [5.41, 5.74) is 10.9. The minimum Gasteiger partial charge on any atom is -0.744 e. The molecule has 2 aliphatic rings. The van der Waals surface area contributed by atoms with Crippen LogP contribution in [0.15, 0.2) is 274 Å². The van der Waals surface area contributed by atoms with Crippen molar-refractivity contribution >= 4 is 63.2 Å². The highest BCUT2D eigenvalue weighted by molar-refractivity contribution is 7.86. The average molecular weight is 1900 g/mol. The molecule has 0 saturated heterocycles. The zero-order chi connectivity index (χ0) is 99.4. The van der Waals surface area contributed by atoms with Gasteiger partial charge in [0.2, 0.25) is 0 Å². The minimum absolute atomic E-state index is 0.0513. The fourth-order valence-electron chi connectivity index (χ4n) is 14.7. The number of carbonyl (C=O) groups excluding carboxylic acids is 3. The smallest absolute Gasteiger partial charge is 0.338 e. The number of phenols is 2. The summed E-state index contributed by atoms with van der Waals surface area (Å²) >= 11 is 6.71. The predicted octanol–water partition coefficient (Wildman–Crippen LogP) is 30.5. The first-order chi connectivity index (χ1) is 63.0. The third kappa shape index (κ3) is 44.4. The van der Waals surface area contributed by atoms with Gasteiger partial charge in [0.15, 0.2) is 17.3 Å². The Morgan fingerprint density at radius 1 is 0.361 bits per heavy atom. The standard InChI is InChI=1S/2C20H30O2.C12H16O2.C11H16O2.2C10H14O3S.2C10H14.2C6H6S/c2*1-5-15(2)16-11-13-17(14-12-16)19(21)22-20(3,4)18-9-7-6-8-10-18;1-4-8(2)10-5-6-12(14)11(7-10)9(3)13;1-4-8(2)9-5-6-10(12)11(7-9)13-3;2*1-3-8(2)9-4-6-10(7-5-9)14(11,12)13;2*1-3-9(2)10-7-5-4-6-8-10;2*7-6-4-2-1-3-5-6/h2*11-15,18H,5-10H2,1-4H3;5-8,14H,4H2,1-3H3;5-8,12H,4H2,1-3H3;2*4-8H,3H2,1-2H3,(H,11,12,13);2*4-9H,3H2,1-2H3;2*1-5,7H/p+1. The molecular weight excluding hydrogens is 1730 g/mol. The van der Waals surface area contributed by atoms with Crippen LogP contribution in [-0.2, 0) is 55.0 Å². The maximum atomic E-state index is 12.4. The van der Waals surface area contributed by atoms with Gasteiger partial charge in [-0.1, -0.05) is 307 Å². The SMILES string of the molecule is CCC(C)c1ccc(C(=O)OC(C)(C)C2CCCCC2)cc1.CCC(C)c1ccc(C(=O)OC(C)(C)C2CCCCC2)cc1.CCC(C)c1ccc(O)c(C(C)=O)c1.CCC(C)c1ccc(O)c(OC)c1.CCC(C)c1ccc(S(=O)(=O)O)cc1.CCC(C)c1ccc(S(=O)(=O)[O-])cc1.CCC(C)c1ccccc1.CCC(C)c1ccccc1.[SH2+]c1ccccc1.[SH2+]c1ccccc1. The molecule has 0 aromatic heterocycles. The molecule has 10 aromatic carbocycles. The van der Waals surface area contributed by atoms with Gasteiger partial charge in [-0.3, -0.25) is 9.35 Å². The average Bonchev–Trinajstić information content (AvgIpc) is 0.817. The van der Waals surface area contributed by atoms with Gasteiger partial charge in [-0.25, -0.2) is 18.0 Å². The number of Topliss-reactive ketones (excluding diaryl/α,β-unsaturated/α-hetero) is 1. The van der Waals surface area contributed by atoms with E-state index in [0.717, 1.165) is 65.0 Å². The number of hydrogen-bond acceptors (Lipinski definition) is 13. The number of esters is 2. The van der Waals surface area contributed by atoms with Gasteiger partial charge >= 0.3 is 11.9 Å². The number of rotatable bonds is 26. The summed E-state index contributed by atoms with van der Waals surface area (Å²) in [6.45, 7) is 44.2. The van der Waals surface area contributed by atoms with Crippen molar-refractivity contribution in [3.8, 4) is 17.2 Å². The van der Waals surface area contributed by atoms with Crippen molar-refractivity contribution < 1.29 is 64.7 Å². The Morgan fingerprint density at radius 3 is 0.865 bits per heavy atom. The van der Waals surface area contributed by atoms with E-state index < -0.39 is 20.2 Å². The molecule has 8 unspecified atom stereocenters. The number of phenolic OH excluding ortho intramolecular Hbond substituents is 2. The van der Waals surface area contributed by atoms with Crippen molar-refractivity contribution in [2.45, 2.75) is 339 Å². The Hall–Kier alpha value is -9.27. The first-order valence-electron chi connectivity index (χ1n) is 48.1. The highest BCUT2D eigenvalue weighted by Gasteiger charge is 2.36. The van der Waals surface area contributed by atoms with E-state index >= 15 is 0 Å². The molecule has 2 fully saturated rings. The summed E-state index contributed by atoms with van der Waals surface area (Å²) in [6.07, 6.45) is 21.2. The van der Waals surface area contributed by atoms with Crippen molar-refractivity contribution in [3.63, 3.8) is 0 Å². The van der Waals surface area contributed by atoms with Gasteiger partial charge in [0.1, 0.15) is 36.9 Å². The molecule has 3 N–H and O–H groups in total. The van der Waals surface area contributed by atoms with E-state index in [0.29, 0.717) is 81.6 Å². The molecule has 14 nitrogen and oxygen atoms in total. The van der Waals surface area contributed by atoms with E-state index in [2.05, 4.69) is 249 Å². The lowest BCUT2D eigenvalue weighted by molar-refractivity contribution is -0.0393. The van der Waals surface area contributed by atoms with E-state index in [-0.39, 0.29) is 50.2 Å². The van der Waals surface area contributed by atoms with Crippen LogP contribution >= 0.6 is 0 Å². The zero-order valence-corrected chi connectivity index (χ0v) is 87.5. The van der Waals surface area contributed by atoms with Gasteiger partial charge < -0.3 is 29.0 Å². The van der Waals surface area contributed by atoms with Crippen molar-refractivity contribution in [1.82, 2.24) is 0 Å². The van der Waals surface area contributed by atoms with E-state index in [4.69, 9.17) is 18.8 Å². The second-order valence-electron chi connectivity index (χ2n) is 36.3. The third-order valence-electron chi connectivity index (χ3n) is 25.7. The minimum atomic E-state index is -4.30. The number of ether oxygens (including phenoxy) is 3. The van der Waals surface area contributed by atoms with Crippen LogP contribution in [0.2, 0.25) is 0 Å². The summed E-state index contributed by atoms with van der Waals surface area (Å²) in [4.78, 5) is 38.1. The Bertz CT molecular complexity index is 4840. The van der Waals surface area contributed by atoms with E-state index in [9.17, 15) is 46.0 Å². The molecule has 0 amide bonds. The van der Waals surface area contributed by atoms with Crippen LogP contribution < -0.4 is 4.74 Å². The molecule has 2 aliphatic carbocycles. The van der Waals surface area contributed by atoms with Crippen LogP contribution in [0.3, 0.4) is 0 Å². The highest BCUT2D eigenvalue weighted by Crippen LogP contribution is 2.38. The lowest BCUT2D eigenvalue weighted by Gasteiger charge is -2.36. The monoisotopic (exact) mass is 1890 g/mol. The maximum absolute atomic E-state index is 12.4. The molecule has 18 heteroatoms. The van der Waals surface area contributed by atoms with Crippen molar-refractivity contribution in [1.29, 1.82) is 0 Å². The van der Waals surface area contributed by atoms with Crippen molar-refractivity contribution in [2.24, 2.45) is 11.8 Å². The van der Waals surface area contributed by atoms with Gasteiger partial charge in [0.25, 0.3) is 10.1 Å². The number of ketones is 1. The molecule has 12 rings (SSSR count). The third-order valence-corrected chi connectivity index (χ3v) is 28.1. The first kappa shape index (κ1) is 118. The van der Waals surface area contributed by atoms with Crippen LogP contribution in [0.4, 0.5) is 0 Å². The molecule has 0 spiro atoms. The fraction of sp³-hybridized carbons (Fsp3) is 0.452. The number of carbonyl (C=O) groups is 3. The Kier molecular flexibility index (Phi) is 55.3. The largest absolute Gasteiger partial charge is 0.744 e. The molecule has 133 heavy (non-hydrogen) atoms. The van der Waals surface area contributed by atoms with Crippen LogP contribution in [0.5, 0.6) is 17.2 Å². The number of hydrogen-bond donors (Lipinski definition) is 3. The molecule has 0 bridgehead atoms. The van der Waals surface area contributed by atoms with E-state index in [1.54, 1.807) is 49.6 Å². The zero-order valence-electron chi connectivity index (χ0n) is 83.9. The number of benzene rings is 10. The van der Waals surface area contributed by atoms with Crippen LogP contribution in [-0.4, -0.2) is 72.2 Å². The lowest BCUT2D eigenvalue weighted by Crippen LogP contribution is -2.37.